The lowest BCUT2D eigenvalue weighted by molar-refractivity contribution is -0.136. The van der Waals surface area contributed by atoms with Crippen LogP contribution in [-0.4, -0.2) is 68.2 Å². The number of carbonyl (C=O) groups excluding carboxylic acids is 2. The molecule has 1 aromatic rings. The third kappa shape index (κ3) is 3.76. The van der Waals surface area contributed by atoms with E-state index in [4.69, 9.17) is 5.11 Å². The first-order valence-electron chi connectivity index (χ1n) is 6.80. The highest BCUT2D eigenvalue weighted by molar-refractivity contribution is 7.99. The van der Waals surface area contributed by atoms with Gasteiger partial charge in [-0.3, -0.25) is 9.59 Å². The van der Waals surface area contributed by atoms with Crippen LogP contribution in [0.5, 0.6) is 0 Å². The van der Waals surface area contributed by atoms with Crippen molar-refractivity contribution in [3.05, 3.63) is 11.9 Å². The standard InChI is InChI=1S/C13H20N4O3S/c1-10(19)16-3-5-17(6-4-16)12(20)9-21-13-14-7-11(8-18)15(13)2/h7,18H,3-6,8-9H2,1-2H3. The van der Waals surface area contributed by atoms with E-state index < -0.39 is 0 Å². The van der Waals surface area contributed by atoms with E-state index in [-0.39, 0.29) is 18.4 Å². The summed E-state index contributed by atoms with van der Waals surface area (Å²) in [6.07, 6.45) is 1.61. The number of hydrogen-bond donors (Lipinski definition) is 1. The summed E-state index contributed by atoms with van der Waals surface area (Å²) in [5, 5.41) is 9.82. The Hall–Kier alpha value is -1.54. The second-order valence-electron chi connectivity index (χ2n) is 4.92. The molecule has 1 aromatic heterocycles. The minimum Gasteiger partial charge on any atom is -0.390 e. The van der Waals surface area contributed by atoms with Gasteiger partial charge in [-0.2, -0.15) is 0 Å². The van der Waals surface area contributed by atoms with Crippen LogP contribution in [0.3, 0.4) is 0 Å². The average Bonchev–Trinajstić information content (AvgIpc) is 2.85. The van der Waals surface area contributed by atoms with Crippen molar-refractivity contribution in [1.82, 2.24) is 19.4 Å². The SMILES string of the molecule is CC(=O)N1CCN(C(=O)CSc2ncc(CO)n2C)CC1. The molecule has 0 unspecified atom stereocenters. The summed E-state index contributed by atoms with van der Waals surface area (Å²) in [5.41, 5.74) is 0.722. The topological polar surface area (TPSA) is 78.7 Å². The zero-order valence-electron chi connectivity index (χ0n) is 12.3. The van der Waals surface area contributed by atoms with Crippen molar-refractivity contribution in [2.75, 3.05) is 31.9 Å². The molecule has 1 saturated heterocycles. The predicted molar refractivity (Wildman–Crippen MR) is 78.7 cm³/mol. The predicted octanol–water partition coefficient (Wildman–Crippen LogP) is -0.305. The van der Waals surface area contributed by atoms with Crippen molar-refractivity contribution < 1.29 is 14.7 Å². The number of aliphatic hydroxyl groups excluding tert-OH is 1. The van der Waals surface area contributed by atoms with Crippen LogP contribution in [0.15, 0.2) is 11.4 Å². The normalized spacial score (nSPS) is 15.4. The summed E-state index contributed by atoms with van der Waals surface area (Å²) < 4.78 is 1.78. The van der Waals surface area contributed by atoms with Gasteiger partial charge in [-0.1, -0.05) is 11.8 Å². The molecular formula is C13H20N4O3S. The molecule has 2 heterocycles. The number of aromatic nitrogens is 2. The van der Waals surface area contributed by atoms with E-state index in [0.29, 0.717) is 31.9 Å². The van der Waals surface area contributed by atoms with E-state index in [1.165, 1.54) is 11.8 Å². The van der Waals surface area contributed by atoms with E-state index in [9.17, 15) is 9.59 Å². The molecule has 2 amide bonds. The van der Waals surface area contributed by atoms with Gasteiger partial charge in [0.25, 0.3) is 0 Å². The van der Waals surface area contributed by atoms with Crippen LogP contribution < -0.4 is 0 Å². The van der Waals surface area contributed by atoms with Crippen molar-refractivity contribution >= 4 is 23.6 Å². The van der Waals surface area contributed by atoms with Gasteiger partial charge in [-0.05, 0) is 0 Å². The Morgan fingerprint density at radius 1 is 1.29 bits per heavy atom. The summed E-state index contributed by atoms with van der Waals surface area (Å²) in [6.45, 7) is 3.85. The minimum absolute atomic E-state index is 0.0525. The molecule has 21 heavy (non-hydrogen) atoms. The Bertz CT molecular complexity index is 523. The summed E-state index contributed by atoms with van der Waals surface area (Å²) in [4.78, 5) is 31.1. The largest absolute Gasteiger partial charge is 0.390 e. The zero-order valence-corrected chi connectivity index (χ0v) is 13.1. The first-order chi connectivity index (χ1) is 10.0. The van der Waals surface area contributed by atoms with Gasteiger partial charge in [0.1, 0.15) is 0 Å². The molecule has 1 aliphatic rings. The molecule has 0 atom stereocenters. The molecule has 1 fully saturated rings. The molecule has 0 spiro atoms. The fourth-order valence-corrected chi connectivity index (χ4v) is 3.07. The number of carbonyl (C=O) groups is 2. The number of amides is 2. The van der Waals surface area contributed by atoms with Crippen LogP contribution in [0.25, 0.3) is 0 Å². The number of aliphatic hydroxyl groups is 1. The number of rotatable bonds is 4. The van der Waals surface area contributed by atoms with Crippen molar-refractivity contribution in [1.29, 1.82) is 0 Å². The third-order valence-corrected chi connectivity index (χ3v) is 4.63. The first-order valence-corrected chi connectivity index (χ1v) is 7.79. The van der Waals surface area contributed by atoms with Gasteiger partial charge >= 0.3 is 0 Å². The van der Waals surface area contributed by atoms with Crippen molar-refractivity contribution in [2.24, 2.45) is 7.05 Å². The van der Waals surface area contributed by atoms with Gasteiger partial charge in [0.2, 0.25) is 11.8 Å². The summed E-state index contributed by atoms with van der Waals surface area (Å²) in [7, 11) is 1.82. The molecule has 0 aliphatic carbocycles. The van der Waals surface area contributed by atoms with Gasteiger partial charge in [0.15, 0.2) is 5.16 Å². The number of imidazole rings is 1. The Kier molecular flexibility index (Phi) is 5.24. The van der Waals surface area contributed by atoms with E-state index in [1.807, 2.05) is 7.05 Å². The summed E-state index contributed by atoms with van der Waals surface area (Å²) in [5.74, 6) is 0.424. The lowest BCUT2D eigenvalue weighted by Gasteiger charge is -2.34. The molecule has 0 radical (unpaired) electrons. The second-order valence-corrected chi connectivity index (χ2v) is 5.87. The van der Waals surface area contributed by atoms with Gasteiger partial charge in [-0.15, -0.1) is 0 Å². The Morgan fingerprint density at radius 2 is 1.90 bits per heavy atom. The van der Waals surface area contributed by atoms with Gasteiger partial charge in [0, 0.05) is 40.2 Å². The van der Waals surface area contributed by atoms with E-state index in [0.717, 1.165) is 10.9 Å². The highest BCUT2D eigenvalue weighted by Crippen LogP contribution is 2.18. The molecule has 2 rings (SSSR count). The Morgan fingerprint density at radius 3 is 2.43 bits per heavy atom. The highest BCUT2D eigenvalue weighted by Gasteiger charge is 2.22. The smallest absolute Gasteiger partial charge is 0.233 e. The maximum atomic E-state index is 12.2. The maximum absolute atomic E-state index is 12.2. The Balaban J connectivity index is 1.82. The molecule has 116 valence electrons. The fraction of sp³-hybridized carbons (Fsp3) is 0.615. The van der Waals surface area contributed by atoms with Gasteiger partial charge in [0.05, 0.1) is 24.3 Å². The quantitative estimate of drug-likeness (QED) is 0.772. The molecule has 0 saturated carbocycles. The van der Waals surface area contributed by atoms with Gasteiger partial charge in [-0.25, -0.2) is 4.98 Å². The monoisotopic (exact) mass is 312 g/mol. The van der Waals surface area contributed by atoms with Crippen LogP contribution in [0.4, 0.5) is 0 Å². The maximum Gasteiger partial charge on any atom is 0.233 e. The van der Waals surface area contributed by atoms with E-state index in [1.54, 1.807) is 27.5 Å². The zero-order chi connectivity index (χ0) is 15.4. The summed E-state index contributed by atoms with van der Waals surface area (Å²) >= 11 is 1.36. The molecule has 0 bridgehead atoms. The molecular weight excluding hydrogens is 292 g/mol. The number of hydrogen-bond acceptors (Lipinski definition) is 5. The Labute approximate surface area is 127 Å². The van der Waals surface area contributed by atoms with Crippen molar-refractivity contribution in [3.8, 4) is 0 Å². The molecule has 0 aromatic carbocycles. The molecule has 1 N–H and O–H groups in total. The lowest BCUT2D eigenvalue weighted by atomic mass is 10.3. The minimum atomic E-state index is -0.0645. The van der Waals surface area contributed by atoms with Crippen molar-refractivity contribution in [2.45, 2.75) is 18.7 Å². The van der Waals surface area contributed by atoms with Crippen LogP contribution >= 0.6 is 11.8 Å². The molecule has 1 aliphatic heterocycles. The van der Waals surface area contributed by atoms with E-state index >= 15 is 0 Å². The third-order valence-electron chi connectivity index (χ3n) is 3.61. The van der Waals surface area contributed by atoms with Gasteiger partial charge < -0.3 is 19.5 Å². The number of piperazine rings is 1. The highest BCUT2D eigenvalue weighted by atomic mass is 32.2. The number of thioether (sulfide) groups is 1. The van der Waals surface area contributed by atoms with Crippen LogP contribution in [-0.2, 0) is 23.2 Å². The fourth-order valence-electron chi connectivity index (χ4n) is 2.20. The summed E-state index contributed by atoms with van der Waals surface area (Å²) in [6, 6.07) is 0. The molecule has 7 nitrogen and oxygen atoms in total. The number of nitrogens with zero attached hydrogens (tertiary/aromatic N) is 4. The second kappa shape index (κ2) is 6.95. The average molecular weight is 312 g/mol. The van der Waals surface area contributed by atoms with Crippen LogP contribution in [0.2, 0.25) is 0 Å². The van der Waals surface area contributed by atoms with E-state index in [2.05, 4.69) is 4.98 Å². The lowest BCUT2D eigenvalue weighted by Crippen LogP contribution is -2.50. The van der Waals surface area contributed by atoms with Crippen molar-refractivity contribution in [3.63, 3.8) is 0 Å². The van der Waals surface area contributed by atoms with Crippen LogP contribution in [0, 0.1) is 0 Å². The molecule has 8 heteroatoms. The first kappa shape index (κ1) is 15.8. The van der Waals surface area contributed by atoms with Crippen LogP contribution in [0.1, 0.15) is 12.6 Å².